The zero-order valence-electron chi connectivity index (χ0n) is 14.8. The Morgan fingerprint density at radius 1 is 0.913 bits per heavy atom. The second-order valence-corrected chi connectivity index (χ2v) is 6.82. The highest BCUT2D eigenvalue weighted by molar-refractivity contribution is 5.42. The lowest BCUT2D eigenvalue weighted by Crippen LogP contribution is -2.34. The van der Waals surface area contributed by atoms with Crippen LogP contribution in [0.5, 0.6) is 5.75 Å². The van der Waals surface area contributed by atoms with Gasteiger partial charge in [0.05, 0.1) is 13.7 Å². The zero-order chi connectivity index (χ0) is 17.0. The highest BCUT2D eigenvalue weighted by Gasteiger charge is 2.36. The summed E-state index contributed by atoms with van der Waals surface area (Å²) in [6.45, 7) is 9.25. The van der Waals surface area contributed by atoms with Crippen LogP contribution in [0.2, 0.25) is 0 Å². The molecule has 2 rings (SSSR count). The van der Waals surface area contributed by atoms with Crippen molar-refractivity contribution in [3.63, 3.8) is 0 Å². The third-order valence-corrected chi connectivity index (χ3v) is 5.34. The number of ether oxygens (including phenoxy) is 1. The van der Waals surface area contributed by atoms with E-state index in [0.29, 0.717) is 11.8 Å². The van der Waals surface area contributed by atoms with Gasteiger partial charge in [0, 0.05) is 5.41 Å². The predicted octanol–water partition coefficient (Wildman–Crippen LogP) is 4.79. The van der Waals surface area contributed by atoms with E-state index < -0.39 is 0 Å². The molecule has 1 unspecified atom stereocenters. The normalized spacial score (nSPS) is 15.3. The van der Waals surface area contributed by atoms with Crippen LogP contribution in [0.25, 0.3) is 0 Å². The molecule has 0 saturated carbocycles. The molecule has 23 heavy (non-hydrogen) atoms. The lowest BCUT2D eigenvalue weighted by molar-refractivity contribution is 0.279. The standard InChI is InChI=1S/C21H28O2/c1-15(2)16(3)21(4,18-8-6-17(14-22)7-9-18)19-10-12-20(23-5)13-11-19/h6-13,15-16,22H,14H2,1-5H3/t16-,21?/m1/s1. The van der Waals surface area contributed by atoms with E-state index in [-0.39, 0.29) is 12.0 Å². The second kappa shape index (κ2) is 7.18. The summed E-state index contributed by atoms with van der Waals surface area (Å²) < 4.78 is 5.30. The molecule has 2 aromatic rings. The summed E-state index contributed by atoms with van der Waals surface area (Å²) in [6.07, 6.45) is 0. The van der Waals surface area contributed by atoms with E-state index in [0.717, 1.165) is 11.3 Å². The highest BCUT2D eigenvalue weighted by Crippen LogP contribution is 2.42. The fourth-order valence-electron chi connectivity index (χ4n) is 3.25. The summed E-state index contributed by atoms with van der Waals surface area (Å²) in [5, 5.41) is 9.29. The Morgan fingerprint density at radius 2 is 1.39 bits per heavy atom. The van der Waals surface area contributed by atoms with Crippen LogP contribution in [0.15, 0.2) is 48.5 Å². The van der Waals surface area contributed by atoms with Crippen molar-refractivity contribution in [3.8, 4) is 5.75 Å². The van der Waals surface area contributed by atoms with E-state index in [2.05, 4.69) is 52.0 Å². The first kappa shape index (κ1) is 17.6. The van der Waals surface area contributed by atoms with E-state index in [1.54, 1.807) is 7.11 Å². The molecule has 0 aliphatic carbocycles. The van der Waals surface area contributed by atoms with Crippen LogP contribution in [0.1, 0.15) is 44.4 Å². The second-order valence-electron chi connectivity index (χ2n) is 6.82. The third-order valence-electron chi connectivity index (χ3n) is 5.34. The molecule has 2 atom stereocenters. The molecule has 2 heteroatoms. The van der Waals surface area contributed by atoms with E-state index in [9.17, 15) is 5.11 Å². The third kappa shape index (κ3) is 3.42. The van der Waals surface area contributed by atoms with E-state index in [1.165, 1.54) is 11.1 Å². The van der Waals surface area contributed by atoms with Gasteiger partial charge in [-0.2, -0.15) is 0 Å². The SMILES string of the molecule is COc1ccc(C(C)(c2ccc(CO)cc2)[C@H](C)C(C)C)cc1. The van der Waals surface area contributed by atoms with Crippen molar-refractivity contribution in [1.82, 2.24) is 0 Å². The number of hydrogen-bond acceptors (Lipinski definition) is 2. The minimum Gasteiger partial charge on any atom is -0.497 e. The first-order chi connectivity index (χ1) is 10.9. The van der Waals surface area contributed by atoms with Gasteiger partial charge in [0.25, 0.3) is 0 Å². The number of aliphatic hydroxyl groups is 1. The van der Waals surface area contributed by atoms with E-state index in [1.807, 2.05) is 24.3 Å². The molecule has 0 spiro atoms. The molecule has 2 aromatic carbocycles. The van der Waals surface area contributed by atoms with Gasteiger partial charge in [-0.25, -0.2) is 0 Å². The molecule has 2 nitrogen and oxygen atoms in total. The number of benzene rings is 2. The largest absolute Gasteiger partial charge is 0.497 e. The first-order valence-corrected chi connectivity index (χ1v) is 8.28. The number of methoxy groups -OCH3 is 1. The van der Waals surface area contributed by atoms with Gasteiger partial charge in [0.2, 0.25) is 0 Å². The molecule has 0 aliphatic heterocycles. The lowest BCUT2D eigenvalue weighted by atomic mass is 9.64. The molecule has 0 bridgehead atoms. The highest BCUT2D eigenvalue weighted by atomic mass is 16.5. The van der Waals surface area contributed by atoms with Crippen molar-refractivity contribution < 1.29 is 9.84 Å². The molecule has 0 saturated heterocycles. The van der Waals surface area contributed by atoms with Gasteiger partial charge in [-0.3, -0.25) is 0 Å². The minimum absolute atomic E-state index is 0.0826. The van der Waals surface area contributed by atoms with Crippen LogP contribution in [0.4, 0.5) is 0 Å². The Labute approximate surface area is 140 Å². The van der Waals surface area contributed by atoms with Crippen molar-refractivity contribution in [3.05, 3.63) is 65.2 Å². The molecular weight excluding hydrogens is 284 g/mol. The maximum atomic E-state index is 9.29. The van der Waals surface area contributed by atoms with Crippen LogP contribution in [0.3, 0.4) is 0 Å². The molecular formula is C21H28O2. The number of hydrogen-bond donors (Lipinski definition) is 1. The monoisotopic (exact) mass is 312 g/mol. The molecule has 0 radical (unpaired) electrons. The summed E-state index contributed by atoms with van der Waals surface area (Å²) in [5.41, 5.74) is 3.43. The van der Waals surface area contributed by atoms with Crippen molar-refractivity contribution in [2.75, 3.05) is 7.11 Å². The van der Waals surface area contributed by atoms with Crippen molar-refractivity contribution in [2.24, 2.45) is 11.8 Å². The van der Waals surface area contributed by atoms with Gasteiger partial charge in [-0.05, 0) is 40.7 Å². The summed E-state index contributed by atoms with van der Waals surface area (Å²) in [7, 11) is 1.69. The quantitative estimate of drug-likeness (QED) is 0.831. The van der Waals surface area contributed by atoms with Crippen LogP contribution < -0.4 is 4.74 Å². The fraction of sp³-hybridized carbons (Fsp3) is 0.429. The van der Waals surface area contributed by atoms with Crippen LogP contribution in [0, 0.1) is 11.8 Å². The van der Waals surface area contributed by atoms with E-state index in [4.69, 9.17) is 4.74 Å². The van der Waals surface area contributed by atoms with Gasteiger partial charge in [0.15, 0.2) is 0 Å². The van der Waals surface area contributed by atoms with E-state index >= 15 is 0 Å². The molecule has 0 fully saturated rings. The van der Waals surface area contributed by atoms with Gasteiger partial charge in [0.1, 0.15) is 5.75 Å². The average molecular weight is 312 g/mol. The molecule has 0 heterocycles. The van der Waals surface area contributed by atoms with Crippen molar-refractivity contribution >= 4 is 0 Å². The Bertz CT molecular complexity index is 564. The molecule has 0 aromatic heterocycles. The maximum Gasteiger partial charge on any atom is 0.118 e. The lowest BCUT2D eigenvalue weighted by Gasteiger charge is -2.39. The Morgan fingerprint density at radius 3 is 1.78 bits per heavy atom. The maximum absolute atomic E-state index is 9.29. The summed E-state index contributed by atoms with van der Waals surface area (Å²) in [5.74, 6) is 1.90. The van der Waals surface area contributed by atoms with Crippen LogP contribution in [-0.4, -0.2) is 12.2 Å². The first-order valence-electron chi connectivity index (χ1n) is 8.28. The van der Waals surface area contributed by atoms with Gasteiger partial charge in [-0.1, -0.05) is 64.1 Å². The molecule has 0 aliphatic rings. The van der Waals surface area contributed by atoms with Crippen molar-refractivity contribution in [1.29, 1.82) is 0 Å². The Kier molecular flexibility index (Phi) is 5.48. The topological polar surface area (TPSA) is 29.5 Å². The average Bonchev–Trinajstić information content (AvgIpc) is 2.60. The molecule has 124 valence electrons. The minimum atomic E-state index is -0.0889. The summed E-state index contributed by atoms with van der Waals surface area (Å²) >= 11 is 0. The molecule has 1 N–H and O–H groups in total. The fourth-order valence-corrected chi connectivity index (χ4v) is 3.25. The van der Waals surface area contributed by atoms with Crippen LogP contribution in [-0.2, 0) is 12.0 Å². The van der Waals surface area contributed by atoms with Crippen LogP contribution >= 0.6 is 0 Å². The smallest absolute Gasteiger partial charge is 0.118 e. The number of rotatable bonds is 6. The van der Waals surface area contributed by atoms with Gasteiger partial charge >= 0.3 is 0 Å². The zero-order valence-corrected chi connectivity index (χ0v) is 14.8. The molecule has 0 amide bonds. The summed E-state index contributed by atoms with van der Waals surface area (Å²) in [4.78, 5) is 0. The summed E-state index contributed by atoms with van der Waals surface area (Å²) in [6, 6.07) is 16.7. The Balaban J connectivity index is 2.53. The van der Waals surface area contributed by atoms with Crippen molar-refractivity contribution in [2.45, 2.75) is 39.7 Å². The van der Waals surface area contributed by atoms with Gasteiger partial charge in [-0.15, -0.1) is 0 Å². The number of aliphatic hydroxyl groups excluding tert-OH is 1. The Hall–Kier alpha value is -1.80. The van der Waals surface area contributed by atoms with Gasteiger partial charge < -0.3 is 9.84 Å². The predicted molar refractivity (Wildman–Crippen MR) is 95.8 cm³/mol.